The molecular formula is C17H27N3O4. The van der Waals surface area contributed by atoms with Crippen molar-refractivity contribution in [1.29, 1.82) is 0 Å². The molecule has 0 aromatic carbocycles. The van der Waals surface area contributed by atoms with Gasteiger partial charge < -0.3 is 14.5 Å². The second kappa shape index (κ2) is 7.85. The summed E-state index contributed by atoms with van der Waals surface area (Å²) in [5.74, 6) is 0.734. The molecule has 3 amide bonds. The lowest BCUT2D eigenvalue weighted by Crippen LogP contribution is -2.43. The molecule has 2 saturated heterocycles. The normalized spacial score (nSPS) is 22.7. The molecule has 1 saturated carbocycles. The zero-order valence-corrected chi connectivity index (χ0v) is 14.2. The van der Waals surface area contributed by atoms with Gasteiger partial charge in [-0.1, -0.05) is 12.8 Å². The highest BCUT2D eigenvalue weighted by Gasteiger charge is 2.28. The van der Waals surface area contributed by atoms with E-state index >= 15 is 0 Å². The van der Waals surface area contributed by atoms with Crippen molar-refractivity contribution in [3.63, 3.8) is 0 Å². The number of ether oxygens (including phenoxy) is 1. The maximum atomic E-state index is 12.5. The van der Waals surface area contributed by atoms with Crippen molar-refractivity contribution >= 4 is 17.9 Å². The number of nitrogens with zero attached hydrogens (tertiary/aromatic N) is 3. The van der Waals surface area contributed by atoms with Crippen molar-refractivity contribution < 1.29 is 19.1 Å². The fraction of sp³-hybridized carbons (Fsp3) is 0.824. The lowest BCUT2D eigenvalue weighted by molar-refractivity contribution is -0.134. The molecule has 3 rings (SSSR count). The largest absolute Gasteiger partial charge is 0.448 e. The second-order valence-corrected chi connectivity index (χ2v) is 7.01. The highest BCUT2D eigenvalue weighted by Crippen LogP contribution is 2.28. The van der Waals surface area contributed by atoms with Crippen LogP contribution in [0.15, 0.2) is 0 Å². The van der Waals surface area contributed by atoms with Crippen LogP contribution in [0.2, 0.25) is 0 Å². The Morgan fingerprint density at radius 1 is 0.917 bits per heavy atom. The van der Waals surface area contributed by atoms with Crippen molar-refractivity contribution in [3.8, 4) is 0 Å². The van der Waals surface area contributed by atoms with Crippen LogP contribution in [0, 0.1) is 5.92 Å². The summed E-state index contributed by atoms with van der Waals surface area (Å²) >= 11 is 0. The predicted octanol–water partition coefficient (Wildman–Crippen LogP) is 1.08. The molecule has 0 radical (unpaired) electrons. The van der Waals surface area contributed by atoms with Gasteiger partial charge >= 0.3 is 6.09 Å². The minimum absolute atomic E-state index is 0.0565. The molecule has 24 heavy (non-hydrogen) atoms. The van der Waals surface area contributed by atoms with Crippen molar-refractivity contribution in [2.24, 2.45) is 5.92 Å². The monoisotopic (exact) mass is 337 g/mol. The van der Waals surface area contributed by atoms with Crippen LogP contribution in [-0.2, 0) is 14.3 Å². The van der Waals surface area contributed by atoms with Gasteiger partial charge in [0.15, 0.2) is 0 Å². The second-order valence-electron chi connectivity index (χ2n) is 7.01. The van der Waals surface area contributed by atoms with Gasteiger partial charge in [-0.2, -0.15) is 0 Å². The summed E-state index contributed by atoms with van der Waals surface area (Å²) in [5.41, 5.74) is 0. The first-order chi connectivity index (χ1) is 11.6. The zero-order chi connectivity index (χ0) is 16.9. The Kier molecular flexibility index (Phi) is 5.58. The standard InChI is InChI=1S/C17H27N3O4/c21-15(12-14-4-1-2-5-14)18-6-3-7-19(9-8-18)16(22)13-20-10-11-24-17(20)23/h14H,1-13H2. The Balaban J connectivity index is 1.46. The summed E-state index contributed by atoms with van der Waals surface area (Å²) in [6.07, 6.45) is 5.90. The first-order valence-corrected chi connectivity index (χ1v) is 9.11. The van der Waals surface area contributed by atoms with Gasteiger partial charge in [0.1, 0.15) is 13.2 Å². The maximum Gasteiger partial charge on any atom is 0.410 e. The minimum Gasteiger partial charge on any atom is -0.448 e. The molecule has 3 fully saturated rings. The third-order valence-electron chi connectivity index (χ3n) is 5.31. The van der Waals surface area contributed by atoms with Crippen LogP contribution in [0.4, 0.5) is 4.79 Å². The van der Waals surface area contributed by atoms with Gasteiger partial charge in [-0.3, -0.25) is 14.5 Å². The van der Waals surface area contributed by atoms with Crippen LogP contribution in [0.3, 0.4) is 0 Å². The van der Waals surface area contributed by atoms with Gasteiger partial charge in [-0.15, -0.1) is 0 Å². The predicted molar refractivity (Wildman–Crippen MR) is 87.3 cm³/mol. The van der Waals surface area contributed by atoms with Gasteiger partial charge in [0, 0.05) is 32.6 Å². The van der Waals surface area contributed by atoms with E-state index in [0.29, 0.717) is 45.1 Å². The van der Waals surface area contributed by atoms with E-state index in [2.05, 4.69) is 0 Å². The summed E-state index contributed by atoms with van der Waals surface area (Å²) in [7, 11) is 0. The number of amides is 3. The molecule has 0 unspecified atom stereocenters. The molecule has 0 spiro atoms. The third kappa shape index (κ3) is 4.19. The Labute approximate surface area is 142 Å². The lowest BCUT2D eigenvalue weighted by Gasteiger charge is -2.24. The quantitative estimate of drug-likeness (QED) is 0.770. The van der Waals surface area contributed by atoms with Crippen LogP contribution in [0.5, 0.6) is 0 Å². The molecule has 0 N–H and O–H groups in total. The minimum atomic E-state index is -0.411. The van der Waals surface area contributed by atoms with Crippen molar-refractivity contribution in [3.05, 3.63) is 0 Å². The average molecular weight is 337 g/mol. The smallest absolute Gasteiger partial charge is 0.410 e. The highest BCUT2D eigenvalue weighted by molar-refractivity contribution is 5.83. The fourth-order valence-corrected chi connectivity index (χ4v) is 3.84. The Morgan fingerprint density at radius 2 is 1.58 bits per heavy atom. The van der Waals surface area contributed by atoms with E-state index in [-0.39, 0.29) is 18.4 Å². The van der Waals surface area contributed by atoms with Crippen LogP contribution in [0.1, 0.15) is 38.5 Å². The molecule has 7 heteroatoms. The Hall–Kier alpha value is -1.79. The Bertz CT molecular complexity index is 490. The first-order valence-electron chi connectivity index (χ1n) is 9.11. The van der Waals surface area contributed by atoms with E-state index in [9.17, 15) is 14.4 Å². The number of carbonyl (C=O) groups is 3. The molecule has 7 nitrogen and oxygen atoms in total. The number of hydrogen-bond acceptors (Lipinski definition) is 4. The number of carbonyl (C=O) groups excluding carboxylic acids is 3. The van der Waals surface area contributed by atoms with Crippen molar-refractivity contribution in [1.82, 2.24) is 14.7 Å². The SMILES string of the molecule is O=C(CC1CCCC1)N1CCCN(C(=O)CN2CCOC2=O)CC1. The third-order valence-corrected chi connectivity index (χ3v) is 5.31. The molecule has 2 aliphatic heterocycles. The molecule has 3 aliphatic rings. The van der Waals surface area contributed by atoms with Gasteiger partial charge in [-0.05, 0) is 25.2 Å². The van der Waals surface area contributed by atoms with E-state index in [0.717, 1.165) is 13.0 Å². The highest BCUT2D eigenvalue weighted by atomic mass is 16.6. The van der Waals surface area contributed by atoms with Gasteiger partial charge in [0.2, 0.25) is 11.8 Å². The van der Waals surface area contributed by atoms with Crippen LogP contribution < -0.4 is 0 Å². The van der Waals surface area contributed by atoms with E-state index in [4.69, 9.17) is 4.74 Å². The van der Waals surface area contributed by atoms with Gasteiger partial charge in [0.05, 0.1) is 6.54 Å². The fourth-order valence-electron chi connectivity index (χ4n) is 3.84. The molecule has 0 bridgehead atoms. The summed E-state index contributed by atoms with van der Waals surface area (Å²) in [6.45, 7) is 3.44. The van der Waals surface area contributed by atoms with Crippen LogP contribution in [0.25, 0.3) is 0 Å². The summed E-state index contributed by atoms with van der Waals surface area (Å²) < 4.78 is 4.85. The molecule has 2 heterocycles. The molecule has 1 aliphatic carbocycles. The maximum absolute atomic E-state index is 12.5. The van der Waals surface area contributed by atoms with Crippen LogP contribution >= 0.6 is 0 Å². The first kappa shape index (κ1) is 17.0. The van der Waals surface area contributed by atoms with Crippen molar-refractivity contribution in [2.45, 2.75) is 38.5 Å². The van der Waals surface area contributed by atoms with Crippen molar-refractivity contribution in [2.75, 3.05) is 45.9 Å². The molecule has 0 aromatic heterocycles. The number of rotatable bonds is 4. The lowest BCUT2D eigenvalue weighted by atomic mass is 10.0. The summed E-state index contributed by atoms with van der Waals surface area (Å²) in [4.78, 5) is 41.4. The van der Waals surface area contributed by atoms with Crippen LogP contribution in [-0.4, -0.2) is 78.5 Å². The van der Waals surface area contributed by atoms with E-state index in [1.165, 1.54) is 30.6 Å². The van der Waals surface area contributed by atoms with E-state index in [1.54, 1.807) is 4.90 Å². The summed E-state index contributed by atoms with van der Waals surface area (Å²) in [6, 6.07) is 0. The molecule has 0 atom stereocenters. The molecule has 0 aromatic rings. The van der Waals surface area contributed by atoms with E-state index in [1.807, 2.05) is 4.90 Å². The Morgan fingerprint density at radius 3 is 2.21 bits per heavy atom. The number of cyclic esters (lactones) is 1. The number of hydrogen-bond donors (Lipinski definition) is 0. The summed E-state index contributed by atoms with van der Waals surface area (Å²) in [5, 5.41) is 0. The average Bonchev–Trinajstić information content (AvgIpc) is 3.13. The zero-order valence-electron chi connectivity index (χ0n) is 14.2. The molecular weight excluding hydrogens is 310 g/mol. The topological polar surface area (TPSA) is 70.2 Å². The van der Waals surface area contributed by atoms with E-state index < -0.39 is 6.09 Å². The van der Waals surface area contributed by atoms with Gasteiger partial charge in [-0.25, -0.2) is 4.79 Å². The van der Waals surface area contributed by atoms with Gasteiger partial charge in [0.25, 0.3) is 0 Å². The molecule has 134 valence electrons.